The van der Waals surface area contributed by atoms with Gasteiger partial charge in [-0.1, -0.05) is 5.16 Å². The number of hydrogen-bond donors (Lipinski definition) is 0. The van der Waals surface area contributed by atoms with Crippen molar-refractivity contribution in [2.24, 2.45) is 0 Å². The van der Waals surface area contributed by atoms with Gasteiger partial charge in [-0.05, 0) is 15.9 Å². The Hall–Kier alpha value is -1.04. The van der Waals surface area contributed by atoms with Gasteiger partial charge in [0.2, 0.25) is 0 Å². The summed E-state index contributed by atoms with van der Waals surface area (Å²) in [7, 11) is 0. The molecular formula is C4HBrN4O. The average Bonchev–Trinajstić information content (AvgIpc) is 2.34. The molecule has 6 heteroatoms. The van der Waals surface area contributed by atoms with Crippen LogP contribution in [0.15, 0.2) is 15.5 Å². The molecule has 0 N–H and O–H groups in total. The van der Waals surface area contributed by atoms with Crippen molar-refractivity contribution in [3.63, 3.8) is 0 Å². The minimum absolute atomic E-state index is 0.342. The van der Waals surface area contributed by atoms with Crippen molar-refractivity contribution >= 4 is 27.2 Å². The van der Waals surface area contributed by atoms with Gasteiger partial charge >= 0.3 is 0 Å². The molecule has 0 spiro atoms. The zero-order valence-corrected chi connectivity index (χ0v) is 6.24. The van der Waals surface area contributed by atoms with Crippen LogP contribution in [-0.2, 0) is 0 Å². The highest BCUT2D eigenvalue weighted by Crippen LogP contribution is 2.16. The van der Waals surface area contributed by atoms with Crippen LogP contribution in [-0.4, -0.2) is 20.3 Å². The molecule has 0 aliphatic carbocycles. The first-order valence-electron chi connectivity index (χ1n) is 2.46. The summed E-state index contributed by atoms with van der Waals surface area (Å²) < 4.78 is 5.27. The van der Waals surface area contributed by atoms with Gasteiger partial charge in [0.05, 0.1) is 0 Å². The third-order valence-corrected chi connectivity index (χ3v) is 1.52. The summed E-state index contributed by atoms with van der Waals surface area (Å²) in [4.78, 5) is 3.86. The maximum absolute atomic E-state index is 4.72. The highest BCUT2D eigenvalue weighted by Gasteiger charge is 2.05. The summed E-state index contributed by atoms with van der Waals surface area (Å²) in [5, 5.41) is 10.7. The number of fused-ring (bicyclic) bond motifs is 1. The first kappa shape index (κ1) is 5.72. The predicted octanol–water partition coefficient (Wildman–Crippen LogP) is 0.775. The molecule has 0 bridgehead atoms. The summed E-state index contributed by atoms with van der Waals surface area (Å²) in [6, 6.07) is 0. The molecule has 0 amide bonds. The maximum atomic E-state index is 4.72. The third kappa shape index (κ3) is 0.688. The normalized spacial score (nSPS) is 10.5. The molecule has 50 valence electrons. The highest BCUT2D eigenvalue weighted by atomic mass is 79.9. The van der Waals surface area contributed by atoms with Crippen LogP contribution in [0, 0.1) is 0 Å². The fourth-order valence-corrected chi connectivity index (χ4v) is 0.938. The van der Waals surface area contributed by atoms with Gasteiger partial charge in [0.15, 0.2) is 10.1 Å². The smallest absolute Gasteiger partial charge is 0.296 e. The molecule has 0 radical (unpaired) electrons. The molecule has 0 saturated carbocycles. The molecule has 0 fully saturated rings. The first-order chi connectivity index (χ1) is 4.88. The van der Waals surface area contributed by atoms with E-state index in [1.807, 2.05) is 0 Å². The number of aromatic nitrogens is 4. The Kier molecular flexibility index (Phi) is 1.13. The summed E-state index contributed by atoms with van der Waals surface area (Å²) in [5.41, 5.74) is 0.935. The van der Waals surface area contributed by atoms with E-state index in [1.165, 1.54) is 6.33 Å². The van der Waals surface area contributed by atoms with E-state index in [0.29, 0.717) is 15.8 Å². The molecule has 2 heterocycles. The fraction of sp³-hybridized carbons (Fsp3) is 0. The van der Waals surface area contributed by atoms with Crippen molar-refractivity contribution in [3.8, 4) is 0 Å². The SMILES string of the molecule is Brc1noc2nncnc12. The third-order valence-electron chi connectivity index (χ3n) is 0.997. The lowest BCUT2D eigenvalue weighted by atomic mass is 10.6. The first-order valence-corrected chi connectivity index (χ1v) is 3.26. The van der Waals surface area contributed by atoms with Crippen LogP contribution in [0.5, 0.6) is 0 Å². The van der Waals surface area contributed by atoms with E-state index in [0.717, 1.165) is 0 Å². The Labute approximate surface area is 63.6 Å². The topological polar surface area (TPSA) is 64.7 Å². The summed E-state index contributed by atoms with van der Waals surface area (Å²) in [6.07, 6.45) is 1.34. The monoisotopic (exact) mass is 200 g/mol. The van der Waals surface area contributed by atoms with E-state index in [1.54, 1.807) is 0 Å². The average molecular weight is 201 g/mol. The van der Waals surface area contributed by atoms with Crippen LogP contribution in [0.25, 0.3) is 11.2 Å². The van der Waals surface area contributed by atoms with Gasteiger partial charge in [0.25, 0.3) is 5.71 Å². The second-order valence-corrected chi connectivity index (χ2v) is 2.34. The quantitative estimate of drug-likeness (QED) is 0.629. The molecular weight excluding hydrogens is 200 g/mol. The summed E-state index contributed by atoms with van der Waals surface area (Å²) >= 11 is 3.13. The number of nitrogens with zero attached hydrogens (tertiary/aromatic N) is 4. The zero-order chi connectivity index (χ0) is 6.97. The number of halogens is 1. The van der Waals surface area contributed by atoms with Gasteiger partial charge in [0.1, 0.15) is 6.33 Å². The Morgan fingerprint density at radius 2 is 2.40 bits per heavy atom. The summed E-state index contributed by atoms with van der Waals surface area (Å²) in [6.45, 7) is 0. The Morgan fingerprint density at radius 3 is 3.20 bits per heavy atom. The summed E-state index contributed by atoms with van der Waals surface area (Å²) in [5.74, 6) is 0. The number of rotatable bonds is 0. The Morgan fingerprint density at radius 1 is 1.50 bits per heavy atom. The van der Waals surface area contributed by atoms with Crippen molar-refractivity contribution in [1.82, 2.24) is 20.3 Å². The molecule has 2 aromatic rings. The molecule has 2 rings (SSSR count). The van der Waals surface area contributed by atoms with Gasteiger partial charge in [0, 0.05) is 0 Å². The van der Waals surface area contributed by atoms with E-state index in [2.05, 4.69) is 36.3 Å². The second-order valence-electron chi connectivity index (χ2n) is 1.59. The van der Waals surface area contributed by atoms with E-state index in [-0.39, 0.29) is 0 Å². The minimum Gasteiger partial charge on any atom is -0.331 e. The molecule has 2 aromatic heterocycles. The molecule has 0 aromatic carbocycles. The molecule has 0 saturated heterocycles. The molecule has 0 atom stereocenters. The van der Waals surface area contributed by atoms with Crippen molar-refractivity contribution in [2.45, 2.75) is 0 Å². The van der Waals surface area contributed by atoms with Crippen LogP contribution < -0.4 is 0 Å². The van der Waals surface area contributed by atoms with Gasteiger partial charge in [-0.25, -0.2) is 4.98 Å². The van der Waals surface area contributed by atoms with Crippen LogP contribution in [0.4, 0.5) is 0 Å². The van der Waals surface area contributed by atoms with E-state index < -0.39 is 0 Å². The lowest BCUT2D eigenvalue weighted by molar-refractivity contribution is 0.441. The molecule has 0 unspecified atom stereocenters. The largest absolute Gasteiger partial charge is 0.331 e. The van der Waals surface area contributed by atoms with E-state index in [9.17, 15) is 0 Å². The predicted molar refractivity (Wildman–Crippen MR) is 35.1 cm³/mol. The fourth-order valence-electron chi connectivity index (χ4n) is 0.594. The molecule has 0 aliphatic heterocycles. The van der Waals surface area contributed by atoms with Crippen molar-refractivity contribution in [2.75, 3.05) is 0 Å². The molecule has 0 aliphatic rings. The molecule has 5 nitrogen and oxygen atoms in total. The van der Waals surface area contributed by atoms with E-state index in [4.69, 9.17) is 4.52 Å². The van der Waals surface area contributed by atoms with Crippen LogP contribution >= 0.6 is 15.9 Å². The lowest BCUT2D eigenvalue weighted by Gasteiger charge is -1.78. The minimum atomic E-state index is 0.342. The highest BCUT2D eigenvalue weighted by molar-refractivity contribution is 9.10. The standard InChI is InChI=1S/C4HBrN4O/c5-3-2-4(10-9-3)8-7-1-6-2/h1H. The van der Waals surface area contributed by atoms with Crippen molar-refractivity contribution in [3.05, 3.63) is 10.9 Å². The van der Waals surface area contributed by atoms with Crippen LogP contribution in [0.2, 0.25) is 0 Å². The van der Waals surface area contributed by atoms with Crippen LogP contribution in [0.3, 0.4) is 0 Å². The number of hydrogen-bond acceptors (Lipinski definition) is 5. The van der Waals surface area contributed by atoms with Gasteiger partial charge in [-0.15, -0.1) is 10.2 Å². The lowest BCUT2D eigenvalue weighted by Crippen LogP contribution is -1.81. The van der Waals surface area contributed by atoms with Crippen LogP contribution in [0.1, 0.15) is 0 Å². The van der Waals surface area contributed by atoms with Gasteiger partial charge in [-0.3, -0.25) is 0 Å². The second kappa shape index (κ2) is 1.98. The molecule has 10 heavy (non-hydrogen) atoms. The van der Waals surface area contributed by atoms with Crippen molar-refractivity contribution in [1.29, 1.82) is 0 Å². The van der Waals surface area contributed by atoms with Crippen molar-refractivity contribution < 1.29 is 4.52 Å². The van der Waals surface area contributed by atoms with Gasteiger partial charge in [-0.2, -0.15) is 0 Å². The maximum Gasteiger partial charge on any atom is 0.296 e. The Bertz CT molecular complexity index is 359. The zero-order valence-electron chi connectivity index (χ0n) is 4.65. The van der Waals surface area contributed by atoms with E-state index >= 15 is 0 Å². The Balaban J connectivity index is 2.93. The van der Waals surface area contributed by atoms with Gasteiger partial charge < -0.3 is 4.52 Å².